The third-order valence-electron chi connectivity index (χ3n) is 2.80. The quantitative estimate of drug-likeness (QED) is 0.821. The third kappa shape index (κ3) is 6.42. The van der Waals surface area contributed by atoms with Gasteiger partial charge in [-0.25, -0.2) is 4.39 Å². The lowest BCUT2D eigenvalue weighted by Gasteiger charge is -2.20. The monoisotopic (exact) mass is 237 g/mol. The van der Waals surface area contributed by atoms with Crippen LogP contribution in [0.5, 0.6) is 0 Å². The molecule has 0 heterocycles. The topological polar surface area (TPSA) is 12.0 Å². The molecule has 1 nitrogen and oxygen atoms in total. The molecule has 0 fully saturated rings. The van der Waals surface area contributed by atoms with Crippen LogP contribution in [0, 0.1) is 11.2 Å². The Labute approximate surface area is 104 Å². The minimum atomic E-state index is -0.149. The molecule has 0 aromatic heterocycles. The molecule has 0 aliphatic rings. The van der Waals surface area contributed by atoms with E-state index in [4.69, 9.17) is 0 Å². The van der Waals surface area contributed by atoms with E-state index in [0.29, 0.717) is 11.5 Å². The number of hydrogen-bond donors (Lipinski definition) is 1. The van der Waals surface area contributed by atoms with Gasteiger partial charge in [0.15, 0.2) is 0 Å². The molecule has 1 rings (SSSR count). The van der Waals surface area contributed by atoms with Crippen molar-refractivity contribution in [2.24, 2.45) is 5.41 Å². The molecule has 1 aromatic carbocycles. The Morgan fingerprint density at radius 1 is 1.29 bits per heavy atom. The van der Waals surface area contributed by atoms with Crippen LogP contribution in [0.25, 0.3) is 0 Å². The molecule has 0 aliphatic heterocycles. The van der Waals surface area contributed by atoms with Crippen LogP contribution in [-0.4, -0.2) is 12.6 Å². The fourth-order valence-electron chi connectivity index (χ4n) is 1.78. The lowest BCUT2D eigenvalue weighted by molar-refractivity contribution is 0.356. The van der Waals surface area contributed by atoms with Crippen LogP contribution in [0.4, 0.5) is 4.39 Å². The summed E-state index contributed by atoms with van der Waals surface area (Å²) in [6, 6.07) is 7.24. The van der Waals surface area contributed by atoms with Crippen LogP contribution in [0.3, 0.4) is 0 Å². The zero-order valence-corrected chi connectivity index (χ0v) is 11.4. The van der Waals surface area contributed by atoms with Crippen molar-refractivity contribution in [2.45, 2.75) is 46.6 Å². The van der Waals surface area contributed by atoms with E-state index in [0.717, 1.165) is 24.9 Å². The molecule has 2 heteroatoms. The summed E-state index contributed by atoms with van der Waals surface area (Å²) in [5.74, 6) is -0.149. The van der Waals surface area contributed by atoms with E-state index < -0.39 is 0 Å². The van der Waals surface area contributed by atoms with Crippen molar-refractivity contribution in [1.82, 2.24) is 5.32 Å². The molecule has 0 aliphatic carbocycles. The second-order valence-electron chi connectivity index (χ2n) is 6.00. The van der Waals surface area contributed by atoms with E-state index >= 15 is 0 Å². The van der Waals surface area contributed by atoms with Gasteiger partial charge in [-0.1, -0.05) is 32.9 Å². The van der Waals surface area contributed by atoms with E-state index in [1.807, 2.05) is 6.07 Å². The van der Waals surface area contributed by atoms with Crippen molar-refractivity contribution >= 4 is 0 Å². The highest BCUT2D eigenvalue weighted by Gasteiger charge is 2.10. The predicted octanol–water partition coefficient (Wildman–Crippen LogP) is 3.78. The second-order valence-corrected chi connectivity index (χ2v) is 6.00. The van der Waals surface area contributed by atoms with Gasteiger partial charge in [0.05, 0.1) is 0 Å². The SMILES string of the molecule is CC(Cc1cccc(F)c1)NCCC(C)(C)C. The molecule has 0 bridgehead atoms. The van der Waals surface area contributed by atoms with E-state index in [1.54, 1.807) is 12.1 Å². The Bertz CT molecular complexity index is 341. The van der Waals surface area contributed by atoms with E-state index in [9.17, 15) is 4.39 Å². The van der Waals surface area contributed by atoms with Gasteiger partial charge in [0.2, 0.25) is 0 Å². The molecule has 17 heavy (non-hydrogen) atoms. The number of halogens is 1. The summed E-state index contributed by atoms with van der Waals surface area (Å²) in [6.07, 6.45) is 2.03. The van der Waals surface area contributed by atoms with Crippen molar-refractivity contribution in [3.8, 4) is 0 Å². The standard InChI is InChI=1S/C15H24FN/c1-12(17-9-8-15(2,3)4)10-13-6-5-7-14(16)11-13/h5-7,11-12,17H,8-10H2,1-4H3. The lowest BCUT2D eigenvalue weighted by atomic mass is 9.92. The van der Waals surface area contributed by atoms with Crippen LogP contribution in [0.15, 0.2) is 24.3 Å². The molecule has 1 N–H and O–H groups in total. The second kappa shape index (κ2) is 6.15. The molecular weight excluding hydrogens is 213 g/mol. The van der Waals surface area contributed by atoms with Gasteiger partial charge >= 0.3 is 0 Å². The summed E-state index contributed by atoms with van der Waals surface area (Å²) in [7, 11) is 0. The van der Waals surface area contributed by atoms with Gasteiger partial charge in [-0.3, -0.25) is 0 Å². The average molecular weight is 237 g/mol. The number of rotatable bonds is 5. The molecule has 0 radical (unpaired) electrons. The van der Waals surface area contributed by atoms with Gasteiger partial charge in [-0.15, -0.1) is 0 Å². The van der Waals surface area contributed by atoms with Crippen molar-refractivity contribution in [3.05, 3.63) is 35.6 Å². The first-order valence-corrected chi connectivity index (χ1v) is 6.35. The first kappa shape index (κ1) is 14.2. The van der Waals surface area contributed by atoms with Gasteiger partial charge in [0.1, 0.15) is 5.82 Å². The minimum absolute atomic E-state index is 0.149. The first-order valence-electron chi connectivity index (χ1n) is 6.35. The van der Waals surface area contributed by atoms with Crippen LogP contribution < -0.4 is 5.32 Å². The third-order valence-corrected chi connectivity index (χ3v) is 2.80. The molecular formula is C15H24FN. The highest BCUT2D eigenvalue weighted by molar-refractivity contribution is 5.17. The largest absolute Gasteiger partial charge is 0.314 e. The Kier molecular flexibility index (Phi) is 5.13. The summed E-state index contributed by atoms with van der Waals surface area (Å²) >= 11 is 0. The van der Waals surface area contributed by atoms with Gasteiger partial charge in [-0.05, 0) is 49.4 Å². The maximum atomic E-state index is 13.0. The first-order chi connectivity index (χ1) is 7.87. The van der Waals surface area contributed by atoms with Crippen LogP contribution in [-0.2, 0) is 6.42 Å². The Hall–Kier alpha value is -0.890. The zero-order chi connectivity index (χ0) is 12.9. The Balaban J connectivity index is 2.32. The summed E-state index contributed by atoms with van der Waals surface area (Å²) in [5.41, 5.74) is 1.42. The minimum Gasteiger partial charge on any atom is -0.314 e. The summed E-state index contributed by atoms with van der Waals surface area (Å²) < 4.78 is 13.0. The van der Waals surface area contributed by atoms with E-state index in [1.165, 1.54) is 6.07 Å². The van der Waals surface area contributed by atoms with Gasteiger partial charge < -0.3 is 5.32 Å². The number of benzene rings is 1. The van der Waals surface area contributed by atoms with Gasteiger partial charge in [0, 0.05) is 6.04 Å². The fourth-order valence-corrected chi connectivity index (χ4v) is 1.78. The molecule has 0 spiro atoms. The molecule has 0 amide bonds. The lowest BCUT2D eigenvalue weighted by Crippen LogP contribution is -2.31. The normalized spacial score (nSPS) is 13.7. The molecule has 0 saturated heterocycles. The van der Waals surface area contributed by atoms with Crippen molar-refractivity contribution in [2.75, 3.05) is 6.54 Å². The van der Waals surface area contributed by atoms with Crippen LogP contribution in [0.2, 0.25) is 0 Å². The summed E-state index contributed by atoms with van der Waals surface area (Å²) in [4.78, 5) is 0. The van der Waals surface area contributed by atoms with Crippen molar-refractivity contribution in [1.29, 1.82) is 0 Å². The molecule has 0 saturated carbocycles. The smallest absolute Gasteiger partial charge is 0.123 e. The average Bonchev–Trinajstić information content (AvgIpc) is 2.15. The maximum absolute atomic E-state index is 13.0. The molecule has 1 aromatic rings. The number of hydrogen-bond acceptors (Lipinski definition) is 1. The van der Waals surface area contributed by atoms with Crippen molar-refractivity contribution < 1.29 is 4.39 Å². The number of nitrogens with one attached hydrogen (secondary N) is 1. The zero-order valence-electron chi connectivity index (χ0n) is 11.4. The van der Waals surface area contributed by atoms with Crippen LogP contribution >= 0.6 is 0 Å². The predicted molar refractivity (Wildman–Crippen MR) is 71.6 cm³/mol. The summed E-state index contributed by atoms with van der Waals surface area (Å²) in [5, 5.41) is 3.48. The van der Waals surface area contributed by atoms with E-state index in [-0.39, 0.29) is 5.82 Å². The fraction of sp³-hybridized carbons (Fsp3) is 0.600. The summed E-state index contributed by atoms with van der Waals surface area (Å²) in [6.45, 7) is 9.89. The van der Waals surface area contributed by atoms with Crippen LogP contribution in [0.1, 0.15) is 39.7 Å². The highest BCUT2D eigenvalue weighted by Crippen LogP contribution is 2.17. The Morgan fingerprint density at radius 2 is 2.00 bits per heavy atom. The van der Waals surface area contributed by atoms with E-state index in [2.05, 4.69) is 33.0 Å². The highest BCUT2D eigenvalue weighted by atomic mass is 19.1. The maximum Gasteiger partial charge on any atom is 0.123 e. The van der Waals surface area contributed by atoms with Crippen molar-refractivity contribution in [3.63, 3.8) is 0 Å². The molecule has 1 unspecified atom stereocenters. The van der Waals surface area contributed by atoms with Gasteiger partial charge in [-0.2, -0.15) is 0 Å². The molecule has 96 valence electrons. The van der Waals surface area contributed by atoms with Gasteiger partial charge in [0.25, 0.3) is 0 Å². The molecule has 1 atom stereocenters. The Morgan fingerprint density at radius 3 is 2.59 bits per heavy atom.